The number of pyridine rings is 2. The molecule has 0 unspecified atom stereocenters. The predicted molar refractivity (Wildman–Crippen MR) is 127 cm³/mol. The normalized spacial score (nSPS) is 10.8. The van der Waals surface area contributed by atoms with Crippen molar-refractivity contribution in [3.05, 3.63) is 64.3 Å². The molecule has 0 aliphatic heterocycles. The van der Waals surface area contributed by atoms with Gasteiger partial charge in [0, 0.05) is 22.1 Å². The Hall–Kier alpha value is -3.82. The number of nitrogen functional groups attached to an aromatic ring is 1. The van der Waals surface area contributed by atoms with E-state index in [1.807, 2.05) is 44.2 Å². The number of hydrogen-bond donors (Lipinski definition) is 1. The number of anilines is 1. The van der Waals surface area contributed by atoms with Gasteiger partial charge in [-0.05, 0) is 55.3 Å². The second-order valence-electron chi connectivity index (χ2n) is 7.40. The first-order valence-corrected chi connectivity index (χ1v) is 10.3. The zero-order valence-corrected chi connectivity index (χ0v) is 18.9. The fourth-order valence-corrected chi connectivity index (χ4v) is 3.93. The summed E-state index contributed by atoms with van der Waals surface area (Å²) in [6, 6.07) is 15.4. The van der Waals surface area contributed by atoms with Crippen LogP contribution in [-0.2, 0) is 0 Å². The fraction of sp³-hybridized carbons (Fsp3) is 0.160. The number of halogens is 1. The van der Waals surface area contributed by atoms with Gasteiger partial charge in [0.2, 0.25) is 0 Å². The molecule has 2 N–H and O–H groups in total. The molecule has 2 aromatic heterocycles. The second-order valence-corrected chi connectivity index (χ2v) is 7.76. The van der Waals surface area contributed by atoms with E-state index < -0.39 is 0 Å². The third kappa shape index (κ3) is 3.57. The van der Waals surface area contributed by atoms with E-state index in [1.165, 1.54) is 0 Å². The van der Waals surface area contributed by atoms with Crippen LogP contribution in [0.25, 0.3) is 33.3 Å². The van der Waals surface area contributed by atoms with Crippen LogP contribution in [0.15, 0.2) is 42.5 Å². The van der Waals surface area contributed by atoms with Gasteiger partial charge in [-0.3, -0.25) is 0 Å². The van der Waals surface area contributed by atoms with Crippen LogP contribution in [0, 0.1) is 25.2 Å². The summed E-state index contributed by atoms with van der Waals surface area (Å²) in [6.45, 7) is 4.05. The molecular formula is C25H21ClN4O2. The molecule has 0 saturated carbocycles. The molecule has 2 aromatic carbocycles. The minimum Gasteiger partial charge on any atom is -0.493 e. The molecule has 160 valence electrons. The molecule has 4 rings (SSSR count). The van der Waals surface area contributed by atoms with Crippen LogP contribution in [0.5, 0.6) is 11.5 Å². The maximum atomic E-state index is 9.79. The Morgan fingerprint density at radius 2 is 1.69 bits per heavy atom. The topological polar surface area (TPSA) is 94.0 Å². The van der Waals surface area contributed by atoms with Crippen molar-refractivity contribution < 1.29 is 9.47 Å². The highest BCUT2D eigenvalue weighted by molar-refractivity contribution is 6.32. The molecule has 0 atom stereocenters. The number of hydrogen-bond acceptors (Lipinski definition) is 6. The lowest BCUT2D eigenvalue weighted by atomic mass is 9.97. The number of nitrogens with zero attached hydrogens (tertiary/aromatic N) is 3. The number of aryl methyl sites for hydroxylation is 2. The smallest absolute Gasteiger partial charge is 0.161 e. The molecule has 6 nitrogen and oxygen atoms in total. The van der Waals surface area contributed by atoms with E-state index in [0.29, 0.717) is 33.5 Å². The van der Waals surface area contributed by atoms with Gasteiger partial charge >= 0.3 is 0 Å². The van der Waals surface area contributed by atoms with Gasteiger partial charge in [0.15, 0.2) is 11.5 Å². The summed E-state index contributed by atoms with van der Waals surface area (Å²) in [5.41, 5.74) is 12.0. The second kappa shape index (κ2) is 8.37. The number of fused-ring (bicyclic) bond motifs is 1. The van der Waals surface area contributed by atoms with E-state index in [1.54, 1.807) is 26.4 Å². The van der Waals surface area contributed by atoms with Crippen LogP contribution in [0.4, 0.5) is 5.82 Å². The number of ether oxygens (including phenoxy) is 2. The first-order valence-electron chi connectivity index (χ1n) is 9.87. The molecule has 2 heterocycles. The summed E-state index contributed by atoms with van der Waals surface area (Å²) < 4.78 is 10.7. The van der Waals surface area contributed by atoms with Crippen molar-refractivity contribution in [1.82, 2.24) is 9.97 Å². The van der Waals surface area contributed by atoms with Gasteiger partial charge in [-0.15, -0.1) is 0 Å². The number of nitriles is 1. The van der Waals surface area contributed by atoms with E-state index in [9.17, 15) is 5.26 Å². The average Bonchev–Trinajstić information content (AvgIpc) is 2.80. The standard InChI is InChI=1S/C25H21ClN4O2/c1-13-5-6-16-9-18(24(26)30-23(16)14(13)2)17-11-20(29-25(28)19(17)12-27)15-7-8-21(31-3)22(10-15)32-4/h5-11H,1-4H3,(H2,28,29). The van der Waals surface area contributed by atoms with E-state index in [0.717, 1.165) is 27.6 Å². The lowest BCUT2D eigenvalue weighted by Crippen LogP contribution is -2.01. The van der Waals surface area contributed by atoms with Gasteiger partial charge in [-0.2, -0.15) is 5.26 Å². The number of benzene rings is 2. The van der Waals surface area contributed by atoms with Gasteiger partial charge in [0.1, 0.15) is 22.6 Å². The SMILES string of the molecule is COc1ccc(-c2cc(-c3cc4ccc(C)c(C)c4nc3Cl)c(C#N)c(N)n2)cc1OC. The highest BCUT2D eigenvalue weighted by Gasteiger charge is 2.18. The molecule has 0 amide bonds. The molecular weight excluding hydrogens is 424 g/mol. The Morgan fingerprint density at radius 3 is 2.38 bits per heavy atom. The largest absolute Gasteiger partial charge is 0.493 e. The van der Waals surface area contributed by atoms with E-state index in [-0.39, 0.29) is 11.4 Å². The highest BCUT2D eigenvalue weighted by atomic mass is 35.5. The van der Waals surface area contributed by atoms with Gasteiger partial charge in [-0.25, -0.2) is 9.97 Å². The van der Waals surface area contributed by atoms with Crippen molar-refractivity contribution in [3.63, 3.8) is 0 Å². The maximum absolute atomic E-state index is 9.79. The molecule has 0 saturated heterocycles. The highest BCUT2D eigenvalue weighted by Crippen LogP contribution is 2.38. The monoisotopic (exact) mass is 444 g/mol. The van der Waals surface area contributed by atoms with Crippen molar-refractivity contribution in [2.24, 2.45) is 0 Å². The average molecular weight is 445 g/mol. The summed E-state index contributed by atoms with van der Waals surface area (Å²) in [5, 5.41) is 11.0. The van der Waals surface area contributed by atoms with E-state index >= 15 is 0 Å². The van der Waals surface area contributed by atoms with Crippen LogP contribution in [0.1, 0.15) is 16.7 Å². The predicted octanol–water partition coefficient (Wildman–Crippen LogP) is 5.71. The zero-order valence-electron chi connectivity index (χ0n) is 18.2. The van der Waals surface area contributed by atoms with Crippen molar-refractivity contribution in [3.8, 4) is 40.0 Å². The lowest BCUT2D eigenvalue weighted by molar-refractivity contribution is 0.355. The van der Waals surface area contributed by atoms with E-state index in [2.05, 4.69) is 16.0 Å². The minimum atomic E-state index is 0.117. The third-order valence-electron chi connectivity index (χ3n) is 5.59. The van der Waals surface area contributed by atoms with Crippen LogP contribution in [0.2, 0.25) is 5.15 Å². The van der Waals surface area contributed by atoms with Crippen LogP contribution < -0.4 is 15.2 Å². The Morgan fingerprint density at radius 1 is 0.938 bits per heavy atom. The Kier molecular flexibility index (Phi) is 5.60. The molecule has 0 aliphatic carbocycles. The number of aromatic nitrogens is 2. The number of rotatable bonds is 4. The quantitative estimate of drug-likeness (QED) is 0.405. The Balaban J connectivity index is 1.96. The summed E-state index contributed by atoms with van der Waals surface area (Å²) in [5.74, 6) is 1.28. The molecule has 0 bridgehead atoms. The summed E-state index contributed by atoms with van der Waals surface area (Å²) in [4.78, 5) is 9.07. The van der Waals surface area contributed by atoms with Crippen molar-refractivity contribution >= 4 is 28.3 Å². The molecule has 0 radical (unpaired) electrons. The third-order valence-corrected chi connectivity index (χ3v) is 5.88. The molecule has 0 spiro atoms. The first-order chi connectivity index (χ1) is 15.4. The van der Waals surface area contributed by atoms with Gasteiger partial charge in [-0.1, -0.05) is 23.7 Å². The van der Waals surface area contributed by atoms with Crippen LogP contribution in [-0.4, -0.2) is 24.2 Å². The molecule has 0 aliphatic rings. The summed E-state index contributed by atoms with van der Waals surface area (Å²) in [6.07, 6.45) is 0. The van der Waals surface area contributed by atoms with Gasteiger partial charge in [0.05, 0.1) is 25.4 Å². The first kappa shape index (κ1) is 21.4. The lowest BCUT2D eigenvalue weighted by Gasteiger charge is -2.14. The van der Waals surface area contributed by atoms with Crippen LogP contribution >= 0.6 is 11.6 Å². The number of methoxy groups -OCH3 is 2. The molecule has 4 aromatic rings. The van der Waals surface area contributed by atoms with Crippen LogP contribution in [0.3, 0.4) is 0 Å². The minimum absolute atomic E-state index is 0.117. The molecule has 7 heteroatoms. The molecule has 0 fully saturated rings. The molecule has 32 heavy (non-hydrogen) atoms. The fourth-order valence-electron chi connectivity index (χ4n) is 3.69. The van der Waals surface area contributed by atoms with E-state index in [4.69, 9.17) is 26.8 Å². The van der Waals surface area contributed by atoms with Crippen molar-refractivity contribution in [2.75, 3.05) is 20.0 Å². The maximum Gasteiger partial charge on any atom is 0.161 e. The summed E-state index contributed by atoms with van der Waals surface area (Å²) >= 11 is 6.61. The van der Waals surface area contributed by atoms with Crippen molar-refractivity contribution in [1.29, 1.82) is 5.26 Å². The Bertz CT molecular complexity index is 1410. The van der Waals surface area contributed by atoms with Crippen molar-refractivity contribution in [2.45, 2.75) is 13.8 Å². The zero-order chi connectivity index (χ0) is 23.0. The van der Waals surface area contributed by atoms with Gasteiger partial charge < -0.3 is 15.2 Å². The Labute approximate surface area is 191 Å². The summed E-state index contributed by atoms with van der Waals surface area (Å²) in [7, 11) is 3.14. The number of nitrogens with two attached hydrogens (primary N) is 1. The van der Waals surface area contributed by atoms with Gasteiger partial charge in [0.25, 0.3) is 0 Å².